The molecule has 1 atom stereocenters. The van der Waals surface area contributed by atoms with Crippen LogP contribution in [-0.4, -0.2) is 16.7 Å². The lowest BCUT2D eigenvalue weighted by molar-refractivity contribution is 0.194. The Bertz CT molecular complexity index is 350. The van der Waals surface area contributed by atoms with Crippen molar-refractivity contribution in [3.8, 4) is 0 Å². The molecule has 0 radical (unpaired) electrons. The van der Waals surface area contributed by atoms with Crippen LogP contribution in [0.2, 0.25) is 0 Å². The zero-order valence-corrected chi connectivity index (χ0v) is 9.12. The summed E-state index contributed by atoms with van der Waals surface area (Å²) in [6.45, 7) is 3.29. The molecular weight excluding hydrogens is 190 g/mol. The van der Waals surface area contributed by atoms with Gasteiger partial charge in [-0.05, 0) is 32.2 Å². The van der Waals surface area contributed by atoms with E-state index in [1.54, 1.807) is 0 Å². The highest BCUT2D eigenvalue weighted by Gasteiger charge is 2.39. The van der Waals surface area contributed by atoms with Crippen LogP contribution in [0, 0.1) is 0 Å². The van der Waals surface area contributed by atoms with E-state index < -0.39 is 0 Å². The molecule has 1 unspecified atom stereocenters. The van der Waals surface area contributed by atoms with Crippen LogP contribution >= 0.6 is 0 Å². The van der Waals surface area contributed by atoms with Gasteiger partial charge < -0.3 is 9.84 Å². The average molecular weight is 207 g/mol. The molecule has 1 aromatic heterocycles. The van der Waals surface area contributed by atoms with Crippen molar-refractivity contribution in [2.75, 3.05) is 6.54 Å². The van der Waals surface area contributed by atoms with Gasteiger partial charge >= 0.3 is 0 Å². The Labute approximate surface area is 89.4 Å². The van der Waals surface area contributed by atoms with Crippen LogP contribution in [0.1, 0.15) is 56.8 Å². The van der Waals surface area contributed by atoms with Crippen molar-refractivity contribution < 1.29 is 4.52 Å². The van der Waals surface area contributed by atoms with Crippen LogP contribution in [0.15, 0.2) is 4.52 Å². The summed E-state index contributed by atoms with van der Waals surface area (Å²) in [5, 5.41) is 7.49. The summed E-state index contributed by atoms with van der Waals surface area (Å²) in [4.78, 5) is 4.55. The number of nitrogens with one attached hydrogen (secondary N) is 1. The molecule has 1 aliphatic carbocycles. The molecule has 4 nitrogen and oxygen atoms in total. The molecule has 1 N–H and O–H groups in total. The molecule has 82 valence electrons. The minimum atomic E-state index is 0.170. The average Bonchev–Trinajstić information content (AvgIpc) is 2.84. The van der Waals surface area contributed by atoms with E-state index in [0.29, 0.717) is 6.04 Å². The first-order chi connectivity index (χ1) is 7.28. The number of rotatable bonds is 2. The van der Waals surface area contributed by atoms with Gasteiger partial charge in [-0.25, -0.2) is 0 Å². The SMILES string of the molecule is CC1(c2nc(C3CCCN3)no2)CCC1. The monoisotopic (exact) mass is 207 g/mol. The third-order valence-electron chi connectivity index (χ3n) is 3.79. The minimum Gasteiger partial charge on any atom is -0.339 e. The Morgan fingerprint density at radius 3 is 2.87 bits per heavy atom. The van der Waals surface area contributed by atoms with Gasteiger partial charge in [0.05, 0.1) is 6.04 Å². The van der Waals surface area contributed by atoms with E-state index >= 15 is 0 Å². The van der Waals surface area contributed by atoms with E-state index in [9.17, 15) is 0 Å². The molecule has 0 aromatic carbocycles. The lowest BCUT2D eigenvalue weighted by atomic mass is 9.70. The number of hydrogen-bond acceptors (Lipinski definition) is 4. The second-order valence-corrected chi connectivity index (χ2v) is 5.02. The van der Waals surface area contributed by atoms with Crippen LogP contribution in [0.5, 0.6) is 0 Å². The second-order valence-electron chi connectivity index (χ2n) is 5.02. The quantitative estimate of drug-likeness (QED) is 0.805. The fourth-order valence-electron chi connectivity index (χ4n) is 2.45. The topological polar surface area (TPSA) is 51.0 Å². The molecule has 0 amide bonds. The van der Waals surface area contributed by atoms with E-state index in [1.165, 1.54) is 25.7 Å². The Balaban J connectivity index is 1.80. The molecule has 2 heterocycles. The van der Waals surface area contributed by atoms with Crippen molar-refractivity contribution in [3.05, 3.63) is 11.7 Å². The van der Waals surface area contributed by atoms with Gasteiger partial charge in [0.1, 0.15) is 0 Å². The Hall–Kier alpha value is -0.900. The number of aromatic nitrogens is 2. The van der Waals surface area contributed by atoms with Crippen molar-refractivity contribution in [1.82, 2.24) is 15.5 Å². The van der Waals surface area contributed by atoms with Gasteiger partial charge in [0, 0.05) is 5.41 Å². The van der Waals surface area contributed by atoms with Crippen LogP contribution in [-0.2, 0) is 5.41 Å². The normalized spacial score (nSPS) is 29.0. The van der Waals surface area contributed by atoms with Gasteiger partial charge in [-0.1, -0.05) is 18.5 Å². The van der Waals surface area contributed by atoms with Gasteiger partial charge in [-0.2, -0.15) is 4.98 Å². The van der Waals surface area contributed by atoms with Gasteiger partial charge in [-0.3, -0.25) is 0 Å². The van der Waals surface area contributed by atoms with Crippen molar-refractivity contribution in [3.63, 3.8) is 0 Å². The zero-order chi connectivity index (χ0) is 10.3. The predicted octanol–water partition coefficient (Wildman–Crippen LogP) is 1.94. The zero-order valence-electron chi connectivity index (χ0n) is 9.12. The maximum Gasteiger partial charge on any atom is 0.232 e. The van der Waals surface area contributed by atoms with Crippen LogP contribution in [0.4, 0.5) is 0 Å². The molecule has 1 saturated carbocycles. The van der Waals surface area contributed by atoms with E-state index in [4.69, 9.17) is 4.52 Å². The third-order valence-corrected chi connectivity index (χ3v) is 3.79. The lowest BCUT2D eigenvalue weighted by Crippen LogP contribution is -2.30. The molecule has 1 saturated heterocycles. The fraction of sp³-hybridized carbons (Fsp3) is 0.818. The van der Waals surface area contributed by atoms with E-state index in [2.05, 4.69) is 22.4 Å². The van der Waals surface area contributed by atoms with E-state index in [1.807, 2.05) is 0 Å². The highest BCUT2D eigenvalue weighted by atomic mass is 16.5. The smallest absolute Gasteiger partial charge is 0.232 e. The first-order valence-electron chi connectivity index (χ1n) is 5.85. The standard InChI is InChI=1S/C11H17N3O/c1-11(5-3-6-11)10-13-9(14-15-10)8-4-2-7-12-8/h8,12H,2-7H2,1H3. The molecule has 0 bridgehead atoms. The van der Waals surface area contributed by atoms with Gasteiger partial charge in [0.15, 0.2) is 5.82 Å². The predicted molar refractivity (Wildman–Crippen MR) is 55.5 cm³/mol. The molecule has 2 fully saturated rings. The lowest BCUT2D eigenvalue weighted by Gasteiger charge is -2.34. The molecule has 15 heavy (non-hydrogen) atoms. The van der Waals surface area contributed by atoms with E-state index in [-0.39, 0.29) is 5.41 Å². The summed E-state index contributed by atoms with van der Waals surface area (Å²) in [6, 6.07) is 0.325. The molecule has 3 rings (SSSR count). The largest absolute Gasteiger partial charge is 0.339 e. The summed E-state index contributed by atoms with van der Waals surface area (Å²) in [5.74, 6) is 1.70. The van der Waals surface area contributed by atoms with Crippen molar-refractivity contribution in [2.24, 2.45) is 0 Å². The molecule has 1 aliphatic heterocycles. The molecule has 4 heteroatoms. The number of nitrogens with zero attached hydrogens (tertiary/aromatic N) is 2. The van der Waals surface area contributed by atoms with Gasteiger partial charge in [0.25, 0.3) is 0 Å². The number of hydrogen-bond donors (Lipinski definition) is 1. The van der Waals surface area contributed by atoms with Gasteiger partial charge in [-0.15, -0.1) is 0 Å². The molecule has 2 aliphatic rings. The Morgan fingerprint density at radius 1 is 1.40 bits per heavy atom. The Kier molecular flexibility index (Phi) is 2.06. The maximum absolute atomic E-state index is 5.38. The maximum atomic E-state index is 5.38. The Morgan fingerprint density at radius 2 is 2.27 bits per heavy atom. The minimum absolute atomic E-state index is 0.170. The van der Waals surface area contributed by atoms with Crippen LogP contribution in [0.25, 0.3) is 0 Å². The summed E-state index contributed by atoms with van der Waals surface area (Å²) >= 11 is 0. The summed E-state index contributed by atoms with van der Waals surface area (Å²) < 4.78 is 5.38. The summed E-state index contributed by atoms with van der Waals surface area (Å²) in [6.07, 6.45) is 6.01. The molecule has 0 spiro atoms. The summed E-state index contributed by atoms with van der Waals surface area (Å²) in [7, 11) is 0. The van der Waals surface area contributed by atoms with Gasteiger partial charge in [0.2, 0.25) is 5.89 Å². The second kappa shape index (κ2) is 3.30. The van der Waals surface area contributed by atoms with Crippen molar-refractivity contribution in [2.45, 2.75) is 50.5 Å². The third kappa shape index (κ3) is 1.47. The molecule has 1 aromatic rings. The van der Waals surface area contributed by atoms with Crippen LogP contribution in [0.3, 0.4) is 0 Å². The first-order valence-corrected chi connectivity index (χ1v) is 5.85. The molecular formula is C11H17N3O. The van der Waals surface area contributed by atoms with Crippen molar-refractivity contribution >= 4 is 0 Å². The summed E-state index contributed by atoms with van der Waals surface area (Å²) in [5.41, 5.74) is 0.170. The highest BCUT2D eigenvalue weighted by molar-refractivity contribution is 5.09. The van der Waals surface area contributed by atoms with Crippen LogP contribution < -0.4 is 5.32 Å². The van der Waals surface area contributed by atoms with E-state index in [0.717, 1.165) is 24.7 Å². The highest BCUT2D eigenvalue weighted by Crippen LogP contribution is 2.42. The fourth-order valence-corrected chi connectivity index (χ4v) is 2.45. The first kappa shape index (κ1) is 9.33. The van der Waals surface area contributed by atoms with Crippen molar-refractivity contribution in [1.29, 1.82) is 0 Å².